The van der Waals surface area contributed by atoms with E-state index in [2.05, 4.69) is 10.3 Å². The summed E-state index contributed by atoms with van der Waals surface area (Å²) in [6.45, 7) is 5.40. The van der Waals surface area contributed by atoms with Gasteiger partial charge in [0, 0.05) is 23.5 Å². The summed E-state index contributed by atoms with van der Waals surface area (Å²) in [4.78, 5) is 41.3. The lowest BCUT2D eigenvalue weighted by atomic mass is 10.2. The van der Waals surface area contributed by atoms with Gasteiger partial charge in [0.2, 0.25) is 0 Å². The Labute approximate surface area is 172 Å². The number of anilines is 1. The fourth-order valence-corrected chi connectivity index (χ4v) is 3.29. The van der Waals surface area contributed by atoms with Gasteiger partial charge in [0.1, 0.15) is 5.00 Å². The molecule has 2 aromatic heterocycles. The van der Waals surface area contributed by atoms with Crippen LogP contribution in [-0.4, -0.2) is 42.7 Å². The predicted molar refractivity (Wildman–Crippen MR) is 108 cm³/mol. The number of ether oxygens (including phenoxy) is 3. The summed E-state index contributed by atoms with van der Waals surface area (Å²) in [5.74, 6) is -2.15. The van der Waals surface area contributed by atoms with E-state index in [-0.39, 0.29) is 31.0 Å². The zero-order chi connectivity index (χ0) is 21.2. The molecule has 9 heteroatoms. The van der Waals surface area contributed by atoms with Crippen LogP contribution in [0.4, 0.5) is 5.00 Å². The van der Waals surface area contributed by atoms with E-state index < -0.39 is 17.9 Å². The monoisotopic (exact) mass is 418 g/mol. The van der Waals surface area contributed by atoms with Gasteiger partial charge in [-0.3, -0.25) is 4.98 Å². The van der Waals surface area contributed by atoms with Gasteiger partial charge in [-0.15, -0.1) is 11.3 Å². The predicted octanol–water partition coefficient (Wildman–Crippen LogP) is 3.41. The van der Waals surface area contributed by atoms with E-state index in [0.29, 0.717) is 5.00 Å². The van der Waals surface area contributed by atoms with Crippen molar-refractivity contribution < 1.29 is 28.6 Å². The summed E-state index contributed by atoms with van der Waals surface area (Å²) in [7, 11) is 0. The maximum Gasteiger partial charge on any atom is 0.347 e. The minimum Gasteiger partial charge on any atom is -0.462 e. The molecule has 2 aromatic rings. The van der Waals surface area contributed by atoms with Gasteiger partial charge in [0.25, 0.3) is 0 Å². The molecule has 2 rings (SSSR count). The van der Waals surface area contributed by atoms with Crippen molar-refractivity contribution in [2.45, 2.75) is 20.8 Å². The lowest BCUT2D eigenvalue weighted by Gasteiger charge is -2.08. The van der Waals surface area contributed by atoms with Gasteiger partial charge in [-0.1, -0.05) is 0 Å². The topological polar surface area (TPSA) is 104 Å². The number of hydrogen-bond acceptors (Lipinski definition) is 9. The van der Waals surface area contributed by atoms with Crippen molar-refractivity contribution in [1.82, 2.24) is 4.98 Å². The molecule has 0 spiro atoms. The maximum atomic E-state index is 12.4. The average molecular weight is 418 g/mol. The van der Waals surface area contributed by atoms with E-state index in [1.165, 1.54) is 17.5 Å². The van der Waals surface area contributed by atoms with E-state index in [1.807, 2.05) is 12.1 Å². The number of thiophene rings is 1. The van der Waals surface area contributed by atoms with Gasteiger partial charge in [0.05, 0.1) is 25.4 Å². The first-order valence-electron chi connectivity index (χ1n) is 9.04. The van der Waals surface area contributed by atoms with Crippen molar-refractivity contribution in [2.24, 2.45) is 0 Å². The molecule has 0 aliphatic heterocycles. The first kappa shape index (κ1) is 22.1. The Bertz CT molecular complexity index is 872. The fourth-order valence-electron chi connectivity index (χ4n) is 2.27. The lowest BCUT2D eigenvalue weighted by molar-refractivity contribution is -0.146. The Morgan fingerprint density at radius 3 is 2.14 bits per heavy atom. The minimum absolute atomic E-state index is 0.106. The van der Waals surface area contributed by atoms with Gasteiger partial charge < -0.3 is 19.5 Å². The largest absolute Gasteiger partial charge is 0.462 e. The van der Waals surface area contributed by atoms with E-state index >= 15 is 0 Å². The van der Waals surface area contributed by atoms with Crippen molar-refractivity contribution in [3.63, 3.8) is 0 Å². The Hall–Kier alpha value is -3.20. The molecule has 0 atom stereocenters. The normalized spacial score (nSPS) is 10.0. The van der Waals surface area contributed by atoms with Crippen molar-refractivity contribution in [1.29, 1.82) is 0 Å². The Kier molecular flexibility index (Phi) is 8.35. The van der Waals surface area contributed by atoms with Gasteiger partial charge in [-0.05, 0) is 44.5 Å². The molecular weight excluding hydrogens is 396 g/mol. The van der Waals surface area contributed by atoms with Crippen LogP contribution in [0.25, 0.3) is 10.4 Å². The van der Waals surface area contributed by atoms with Crippen molar-refractivity contribution in [2.75, 3.05) is 25.1 Å². The highest BCUT2D eigenvalue weighted by Gasteiger charge is 2.23. The van der Waals surface area contributed by atoms with E-state index in [9.17, 15) is 14.4 Å². The highest BCUT2D eigenvalue weighted by molar-refractivity contribution is 7.19. The second-order valence-electron chi connectivity index (χ2n) is 5.45. The molecule has 2 heterocycles. The number of nitrogens with one attached hydrogen (secondary N) is 1. The first-order valence-corrected chi connectivity index (χ1v) is 9.85. The Balaban J connectivity index is 2.40. The summed E-state index contributed by atoms with van der Waals surface area (Å²) in [6, 6.07) is 5.30. The van der Waals surface area contributed by atoms with Gasteiger partial charge in [-0.2, -0.15) is 0 Å². The molecule has 0 aliphatic rings. The van der Waals surface area contributed by atoms with Crippen LogP contribution in [0.5, 0.6) is 0 Å². The van der Waals surface area contributed by atoms with Gasteiger partial charge >= 0.3 is 17.9 Å². The van der Waals surface area contributed by atoms with Crippen molar-refractivity contribution >= 4 is 34.2 Å². The van der Waals surface area contributed by atoms with Crippen LogP contribution in [0.3, 0.4) is 0 Å². The molecule has 8 nitrogen and oxygen atoms in total. The standard InChI is InChI=1S/C20H22N2O6S/c1-4-26-18(23)14-11-16(13-7-9-21-10-8-13)29-17(14)22-12-15(19(24)27-5-2)20(25)28-6-3/h7-12,22H,4-6H2,1-3H3. The van der Waals surface area contributed by atoms with E-state index in [4.69, 9.17) is 14.2 Å². The summed E-state index contributed by atoms with van der Waals surface area (Å²) in [5, 5.41) is 3.28. The molecule has 0 unspecified atom stereocenters. The van der Waals surface area contributed by atoms with Crippen LogP contribution in [0, 0.1) is 0 Å². The molecule has 0 saturated carbocycles. The molecule has 0 radical (unpaired) electrons. The molecule has 154 valence electrons. The second kappa shape index (κ2) is 11.0. The smallest absolute Gasteiger partial charge is 0.347 e. The van der Waals surface area contributed by atoms with Crippen molar-refractivity contribution in [3.05, 3.63) is 47.9 Å². The summed E-state index contributed by atoms with van der Waals surface area (Å²) in [5.41, 5.74) is 0.845. The molecule has 0 fully saturated rings. The quantitative estimate of drug-likeness (QED) is 0.217. The van der Waals surface area contributed by atoms with Crippen LogP contribution in [0.15, 0.2) is 42.4 Å². The van der Waals surface area contributed by atoms with Crippen LogP contribution in [0.1, 0.15) is 31.1 Å². The Morgan fingerprint density at radius 2 is 1.59 bits per heavy atom. The summed E-state index contributed by atoms with van der Waals surface area (Å²) < 4.78 is 14.9. The number of nitrogens with zero attached hydrogens (tertiary/aromatic N) is 1. The third-order valence-corrected chi connectivity index (χ3v) is 4.65. The van der Waals surface area contributed by atoms with Gasteiger partial charge in [-0.25, -0.2) is 14.4 Å². The van der Waals surface area contributed by atoms with Crippen molar-refractivity contribution in [3.8, 4) is 10.4 Å². The molecular formula is C20H22N2O6S. The maximum absolute atomic E-state index is 12.4. The molecule has 1 N–H and O–H groups in total. The van der Waals surface area contributed by atoms with Crippen LogP contribution >= 0.6 is 11.3 Å². The number of aromatic nitrogens is 1. The van der Waals surface area contributed by atoms with Gasteiger partial charge in [0.15, 0.2) is 5.57 Å². The molecule has 0 bridgehead atoms. The second-order valence-corrected chi connectivity index (χ2v) is 6.51. The van der Waals surface area contributed by atoms with Crippen LogP contribution in [-0.2, 0) is 23.8 Å². The molecule has 29 heavy (non-hydrogen) atoms. The fraction of sp³-hybridized carbons (Fsp3) is 0.300. The first-order chi connectivity index (χ1) is 14.0. The molecule has 0 amide bonds. The zero-order valence-corrected chi connectivity index (χ0v) is 17.2. The third-order valence-electron chi connectivity index (χ3n) is 3.53. The Morgan fingerprint density at radius 1 is 1.00 bits per heavy atom. The molecule has 0 aliphatic carbocycles. The van der Waals surface area contributed by atoms with Crippen LogP contribution < -0.4 is 5.32 Å². The highest BCUT2D eigenvalue weighted by Crippen LogP contribution is 2.36. The van der Waals surface area contributed by atoms with Crippen LogP contribution in [0.2, 0.25) is 0 Å². The highest BCUT2D eigenvalue weighted by atomic mass is 32.1. The number of hydrogen-bond donors (Lipinski definition) is 1. The zero-order valence-electron chi connectivity index (χ0n) is 16.4. The lowest BCUT2D eigenvalue weighted by Crippen LogP contribution is -2.19. The SMILES string of the molecule is CCOC(=O)C(=CNc1sc(-c2ccncc2)cc1C(=O)OCC)C(=O)OCC. The van der Waals surface area contributed by atoms with E-state index in [0.717, 1.165) is 10.4 Å². The molecule has 0 saturated heterocycles. The third kappa shape index (κ3) is 5.89. The number of carbonyl (C=O) groups is 3. The average Bonchev–Trinajstić information content (AvgIpc) is 3.14. The number of rotatable bonds is 9. The number of carbonyl (C=O) groups excluding carboxylic acids is 3. The van der Waals surface area contributed by atoms with E-state index in [1.54, 1.807) is 39.2 Å². The summed E-state index contributed by atoms with van der Waals surface area (Å²) >= 11 is 1.27. The number of esters is 3. The summed E-state index contributed by atoms with van der Waals surface area (Å²) in [6.07, 6.45) is 4.47. The number of pyridine rings is 1. The molecule has 0 aromatic carbocycles. The minimum atomic E-state index is -0.818.